The normalized spacial score (nSPS) is 11.0. The molecular formula is C22H19NO3. The minimum Gasteiger partial charge on any atom is -0.497 e. The fourth-order valence-corrected chi connectivity index (χ4v) is 3.33. The van der Waals surface area contributed by atoms with Crippen LogP contribution >= 0.6 is 0 Å². The first-order valence-corrected chi connectivity index (χ1v) is 8.43. The number of benzene rings is 3. The molecule has 0 aliphatic carbocycles. The molecule has 1 heterocycles. The number of hydrogen-bond donors (Lipinski definition) is 0. The van der Waals surface area contributed by atoms with Crippen molar-refractivity contribution in [3.63, 3.8) is 0 Å². The van der Waals surface area contributed by atoms with E-state index in [1.165, 1.54) is 0 Å². The molecule has 1 aromatic heterocycles. The van der Waals surface area contributed by atoms with Crippen LogP contribution in [-0.2, 0) is 6.54 Å². The third-order valence-electron chi connectivity index (χ3n) is 4.67. The van der Waals surface area contributed by atoms with E-state index < -0.39 is 0 Å². The molecule has 130 valence electrons. The third-order valence-corrected chi connectivity index (χ3v) is 4.67. The van der Waals surface area contributed by atoms with E-state index in [4.69, 9.17) is 9.47 Å². The van der Waals surface area contributed by atoms with Gasteiger partial charge in [0.15, 0.2) is 0 Å². The Morgan fingerprint density at radius 1 is 0.769 bits per heavy atom. The summed E-state index contributed by atoms with van der Waals surface area (Å²) in [6.45, 7) is 0.497. The van der Waals surface area contributed by atoms with E-state index in [0.717, 1.165) is 27.6 Å². The van der Waals surface area contributed by atoms with E-state index >= 15 is 0 Å². The number of fused-ring (bicyclic) bond motifs is 3. The second-order valence-electron chi connectivity index (χ2n) is 6.17. The zero-order chi connectivity index (χ0) is 18.1. The molecule has 0 fully saturated rings. The summed E-state index contributed by atoms with van der Waals surface area (Å²) in [6, 6.07) is 21.4. The quantitative estimate of drug-likeness (QED) is 0.520. The fraction of sp³-hybridized carbons (Fsp3) is 0.136. The Kier molecular flexibility index (Phi) is 4.09. The largest absolute Gasteiger partial charge is 0.497 e. The Balaban J connectivity index is 2.07. The average molecular weight is 345 g/mol. The van der Waals surface area contributed by atoms with Gasteiger partial charge in [-0.25, -0.2) is 0 Å². The van der Waals surface area contributed by atoms with Crippen LogP contribution in [-0.4, -0.2) is 18.8 Å². The van der Waals surface area contributed by atoms with Gasteiger partial charge in [0.25, 0.3) is 5.56 Å². The Morgan fingerprint density at radius 2 is 1.42 bits per heavy atom. The van der Waals surface area contributed by atoms with Gasteiger partial charge < -0.3 is 14.0 Å². The van der Waals surface area contributed by atoms with Gasteiger partial charge in [-0.1, -0.05) is 30.3 Å². The first kappa shape index (κ1) is 16.2. The van der Waals surface area contributed by atoms with Crippen LogP contribution in [0, 0.1) is 0 Å². The van der Waals surface area contributed by atoms with Crippen LogP contribution in [0.3, 0.4) is 0 Å². The van der Waals surface area contributed by atoms with E-state index in [1.54, 1.807) is 18.8 Å². The summed E-state index contributed by atoms with van der Waals surface area (Å²) in [5.41, 5.74) is 1.89. The van der Waals surface area contributed by atoms with Gasteiger partial charge in [-0.2, -0.15) is 0 Å². The van der Waals surface area contributed by atoms with Gasteiger partial charge in [0.2, 0.25) is 0 Å². The van der Waals surface area contributed by atoms with Gasteiger partial charge in [-0.3, -0.25) is 4.79 Å². The van der Waals surface area contributed by atoms with Crippen molar-refractivity contribution >= 4 is 21.7 Å². The van der Waals surface area contributed by atoms with Gasteiger partial charge in [-0.15, -0.1) is 0 Å². The predicted octanol–water partition coefficient (Wildman–Crippen LogP) is 4.22. The van der Waals surface area contributed by atoms with Gasteiger partial charge in [0.05, 0.1) is 31.7 Å². The van der Waals surface area contributed by atoms with E-state index in [2.05, 4.69) is 0 Å². The molecule has 0 radical (unpaired) electrons. The molecule has 4 rings (SSSR count). The van der Waals surface area contributed by atoms with Crippen molar-refractivity contribution in [2.75, 3.05) is 14.2 Å². The van der Waals surface area contributed by atoms with Crippen molar-refractivity contribution in [1.82, 2.24) is 4.57 Å². The molecule has 26 heavy (non-hydrogen) atoms. The second kappa shape index (κ2) is 6.56. The van der Waals surface area contributed by atoms with Gasteiger partial charge >= 0.3 is 0 Å². The molecule has 0 N–H and O–H groups in total. The Bertz CT molecular complexity index is 1150. The van der Waals surface area contributed by atoms with E-state index in [0.29, 0.717) is 17.7 Å². The zero-order valence-corrected chi connectivity index (χ0v) is 14.7. The predicted molar refractivity (Wildman–Crippen MR) is 104 cm³/mol. The zero-order valence-electron chi connectivity index (χ0n) is 14.7. The molecule has 0 aliphatic rings. The maximum atomic E-state index is 13.3. The molecule has 0 aliphatic heterocycles. The molecule has 0 saturated heterocycles. The van der Waals surface area contributed by atoms with Gasteiger partial charge in [-0.05, 0) is 41.3 Å². The lowest BCUT2D eigenvalue weighted by molar-refractivity contribution is 0.415. The maximum absolute atomic E-state index is 13.3. The van der Waals surface area contributed by atoms with Gasteiger partial charge in [0.1, 0.15) is 11.5 Å². The number of ether oxygens (including phenoxy) is 2. The molecule has 4 heteroatoms. The molecule has 4 aromatic rings. The number of methoxy groups -OCH3 is 2. The highest BCUT2D eigenvalue weighted by atomic mass is 16.5. The number of nitrogens with zero attached hydrogens (tertiary/aromatic N) is 1. The summed E-state index contributed by atoms with van der Waals surface area (Å²) in [5.74, 6) is 1.40. The molecule has 3 aromatic carbocycles. The number of hydrogen-bond acceptors (Lipinski definition) is 3. The third kappa shape index (κ3) is 2.69. The van der Waals surface area contributed by atoms with Crippen molar-refractivity contribution < 1.29 is 9.47 Å². The lowest BCUT2D eigenvalue weighted by Crippen LogP contribution is -2.21. The molecule has 4 nitrogen and oxygen atoms in total. The smallest absolute Gasteiger partial charge is 0.259 e. The standard InChI is InChI=1S/C22H19NO3/c1-25-16-8-10-18-19-11-9-17(26-2)13-21(19)23(22(24)20(18)12-16)14-15-6-4-3-5-7-15/h3-13H,14H2,1-2H3. The molecule has 0 amide bonds. The second-order valence-corrected chi connectivity index (χ2v) is 6.17. The van der Waals surface area contributed by atoms with Crippen LogP contribution in [0.25, 0.3) is 21.7 Å². The van der Waals surface area contributed by atoms with Crippen molar-refractivity contribution in [2.45, 2.75) is 6.54 Å². The summed E-state index contributed by atoms with van der Waals surface area (Å²) in [5, 5.41) is 2.58. The van der Waals surface area contributed by atoms with Crippen molar-refractivity contribution in [3.05, 3.63) is 82.6 Å². The Labute approximate surface area is 151 Å². The summed E-state index contributed by atoms with van der Waals surface area (Å²) < 4.78 is 12.5. The summed E-state index contributed by atoms with van der Waals surface area (Å²) >= 11 is 0. The maximum Gasteiger partial charge on any atom is 0.259 e. The topological polar surface area (TPSA) is 40.5 Å². The number of aromatic nitrogens is 1. The number of rotatable bonds is 4. The van der Waals surface area contributed by atoms with Gasteiger partial charge in [0, 0.05) is 11.5 Å². The highest BCUT2D eigenvalue weighted by molar-refractivity contribution is 6.06. The summed E-state index contributed by atoms with van der Waals surface area (Å²) in [7, 11) is 3.24. The molecule has 0 atom stereocenters. The fourth-order valence-electron chi connectivity index (χ4n) is 3.33. The molecule has 0 bridgehead atoms. The minimum atomic E-state index is -0.0384. The highest BCUT2D eigenvalue weighted by Gasteiger charge is 2.13. The van der Waals surface area contributed by atoms with Crippen molar-refractivity contribution in [2.24, 2.45) is 0 Å². The van der Waals surface area contributed by atoms with Crippen LogP contribution in [0.5, 0.6) is 11.5 Å². The average Bonchev–Trinajstić information content (AvgIpc) is 2.71. The van der Waals surface area contributed by atoms with Crippen LogP contribution in [0.4, 0.5) is 0 Å². The molecule has 0 saturated carbocycles. The van der Waals surface area contributed by atoms with Crippen LogP contribution in [0.2, 0.25) is 0 Å². The molecule has 0 unspecified atom stereocenters. The van der Waals surface area contributed by atoms with Crippen molar-refractivity contribution in [3.8, 4) is 11.5 Å². The lowest BCUT2D eigenvalue weighted by Gasteiger charge is -2.15. The summed E-state index contributed by atoms with van der Waals surface area (Å²) in [6.07, 6.45) is 0. The van der Waals surface area contributed by atoms with E-state index in [1.807, 2.05) is 66.7 Å². The van der Waals surface area contributed by atoms with Crippen LogP contribution in [0.15, 0.2) is 71.5 Å². The highest BCUT2D eigenvalue weighted by Crippen LogP contribution is 2.29. The van der Waals surface area contributed by atoms with E-state index in [-0.39, 0.29) is 5.56 Å². The first-order chi connectivity index (χ1) is 12.7. The molecular weight excluding hydrogens is 326 g/mol. The number of pyridine rings is 1. The van der Waals surface area contributed by atoms with Crippen LogP contribution in [0.1, 0.15) is 5.56 Å². The minimum absolute atomic E-state index is 0.0384. The SMILES string of the molecule is COc1ccc2c(c1)c(=O)n(Cc1ccccc1)c1cc(OC)ccc21. The monoisotopic (exact) mass is 345 g/mol. The Morgan fingerprint density at radius 3 is 2.12 bits per heavy atom. The van der Waals surface area contributed by atoms with E-state index in [9.17, 15) is 4.79 Å². The summed E-state index contributed by atoms with van der Waals surface area (Å²) in [4.78, 5) is 13.3. The van der Waals surface area contributed by atoms with Crippen LogP contribution < -0.4 is 15.0 Å². The Hall–Kier alpha value is -3.27. The lowest BCUT2D eigenvalue weighted by atomic mass is 10.0. The van der Waals surface area contributed by atoms with Crippen molar-refractivity contribution in [1.29, 1.82) is 0 Å². The first-order valence-electron chi connectivity index (χ1n) is 8.43. The molecule has 0 spiro atoms.